The molecule has 25 heavy (non-hydrogen) atoms. The van der Waals surface area contributed by atoms with Gasteiger partial charge in [0.2, 0.25) is 0 Å². The molecular formula is C17H19Cl2FN4O. The average molecular weight is 385 g/mol. The van der Waals surface area contributed by atoms with E-state index in [0.29, 0.717) is 60.6 Å². The molecule has 0 atom stereocenters. The van der Waals surface area contributed by atoms with Gasteiger partial charge in [0.15, 0.2) is 0 Å². The van der Waals surface area contributed by atoms with Gasteiger partial charge in [0, 0.05) is 49.9 Å². The monoisotopic (exact) mass is 384 g/mol. The summed E-state index contributed by atoms with van der Waals surface area (Å²) in [5.74, 6) is -0.419. The fourth-order valence-electron chi connectivity index (χ4n) is 2.98. The molecule has 1 aromatic heterocycles. The second kappa shape index (κ2) is 7.72. The van der Waals surface area contributed by atoms with Crippen molar-refractivity contribution >= 4 is 29.1 Å². The molecule has 1 fully saturated rings. The van der Waals surface area contributed by atoms with Crippen molar-refractivity contribution in [3.8, 4) is 0 Å². The molecule has 0 unspecified atom stereocenters. The molecule has 1 aliphatic rings. The standard InChI is InChI=1S/C17H19Cl2FN4O/c1-2-24-16(14(19)10-21-24)17(25)23-8-6-22(7-9-23)11-12-13(18)4-3-5-15(12)20/h3-5,10H,2,6-9,11H2,1H3. The highest BCUT2D eigenvalue weighted by molar-refractivity contribution is 6.33. The summed E-state index contributed by atoms with van der Waals surface area (Å²) in [5, 5.41) is 4.91. The van der Waals surface area contributed by atoms with Gasteiger partial charge in [-0.3, -0.25) is 14.4 Å². The topological polar surface area (TPSA) is 41.4 Å². The van der Waals surface area contributed by atoms with Crippen LogP contribution in [0.3, 0.4) is 0 Å². The first kappa shape index (κ1) is 18.2. The normalized spacial score (nSPS) is 15.6. The van der Waals surface area contributed by atoms with Crippen LogP contribution in [0.1, 0.15) is 23.0 Å². The molecule has 1 amide bonds. The quantitative estimate of drug-likeness (QED) is 0.811. The largest absolute Gasteiger partial charge is 0.335 e. The lowest BCUT2D eigenvalue weighted by atomic mass is 10.1. The number of nitrogens with zero attached hydrogens (tertiary/aromatic N) is 4. The summed E-state index contributed by atoms with van der Waals surface area (Å²) in [6.07, 6.45) is 1.49. The second-order valence-corrected chi connectivity index (χ2v) is 6.74. The molecule has 1 saturated heterocycles. The number of halogens is 3. The van der Waals surface area contributed by atoms with Crippen LogP contribution in [0.4, 0.5) is 4.39 Å². The van der Waals surface area contributed by atoms with E-state index in [1.165, 1.54) is 12.3 Å². The number of hydrogen-bond donors (Lipinski definition) is 0. The third-order valence-corrected chi connectivity index (χ3v) is 5.03. The molecule has 1 aliphatic heterocycles. The Morgan fingerprint density at radius 1 is 1.20 bits per heavy atom. The number of amides is 1. The molecule has 2 aromatic rings. The maximum Gasteiger partial charge on any atom is 0.273 e. The Labute approximate surface area is 155 Å². The molecule has 0 aliphatic carbocycles. The first-order valence-corrected chi connectivity index (χ1v) is 8.92. The van der Waals surface area contributed by atoms with E-state index in [9.17, 15) is 9.18 Å². The van der Waals surface area contributed by atoms with Crippen molar-refractivity contribution in [3.05, 3.63) is 51.5 Å². The zero-order valence-corrected chi connectivity index (χ0v) is 15.4. The number of rotatable bonds is 4. The Hall–Kier alpha value is -1.63. The van der Waals surface area contributed by atoms with Crippen LogP contribution in [-0.4, -0.2) is 51.7 Å². The number of hydrogen-bond acceptors (Lipinski definition) is 3. The van der Waals surface area contributed by atoms with Gasteiger partial charge in [-0.1, -0.05) is 29.3 Å². The predicted molar refractivity (Wildman–Crippen MR) is 95.5 cm³/mol. The molecule has 0 spiro atoms. The predicted octanol–water partition coefficient (Wildman–Crippen LogP) is 3.31. The molecule has 8 heteroatoms. The number of piperazine rings is 1. The van der Waals surface area contributed by atoms with Crippen LogP contribution in [0, 0.1) is 5.82 Å². The van der Waals surface area contributed by atoms with E-state index in [4.69, 9.17) is 23.2 Å². The van der Waals surface area contributed by atoms with Crippen LogP contribution in [0.15, 0.2) is 24.4 Å². The molecule has 0 radical (unpaired) electrons. The van der Waals surface area contributed by atoms with Crippen molar-refractivity contribution in [2.24, 2.45) is 0 Å². The van der Waals surface area contributed by atoms with Gasteiger partial charge in [0.25, 0.3) is 5.91 Å². The van der Waals surface area contributed by atoms with E-state index >= 15 is 0 Å². The molecule has 5 nitrogen and oxygen atoms in total. The Kier molecular flexibility index (Phi) is 5.61. The van der Waals surface area contributed by atoms with Crippen molar-refractivity contribution in [1.82, 2.24) is 19.6 Å². The minimum Gasteiger partial charge on any atom is -0.335 e. The van der Waals surface area contributed by atoms with Gasteiger partial charge >= 0.3 is 0 Å². The third kappa shape index (κ3) is 3.81. The van der Waals surface area contributed by atoms with Crippen molar-refractivity contribution in [3.63, 3.8) is 0 Å². The van der Waals surface area contributed by atoms with Crippen molar-refractivity contribution in [2.75, 3.05) is 26.2 Å². The number of aromatic nitrogens is 2. The zero-order chi connectivity index (χ0) is 18.0. The van der Waals surface area contributed by atoms with E-state index in [2.05, 4.69) is 10.00 Å². The molecule has 1 aromatic carbocycles. The van der Waals surface area contributed by atoms with Gasteiger partial charge in [-0.05, 0) is 19.1 Å². The Balaban J connectivity index is 1.64. The van der Waals surface area contributed by atoms with Crippen LogP contribution >= 0.6 is 23.2 Å². The Morgan fingerprint density at radius 2 is 1.92 bits per heavy atom. The lowest BCUT2D eigenvalue weighted by Gasteiger charge is -2.35. The molecular weight excluding hydrogens is 366 g/mol. The summed E-state index contributed by atoms with van der Waals surface area (Å²) in [7, 11) is 0. The van der Waals surface area contributed by atoms with Crippen molar-refractivity contribution in [2.45, 2.75) is 20.0 Å². The summed E-state index contributed by atoms with van der Waals surface area (Å²) in [5.41, 5.74) is 0.922. The number of carbonyl (C=O) groups is 1. The zero-order valence-electron chi connectivity index (χ0n) is 13.9. The number of carbonyl (C=O) groups excluding carboxylic acids is 1. The molecule has 0 bridgehead atoms. The number of benzene rings is 1. The van der Waals surface area contributed by atoms with E-state index in [1.54, 1.807) is 21.7 Å². The van der Waals surface area contributed by atoms with E-state index < -0.39 is 0 Å². The van der Waals surface area contributed by atoms with Crippen LogP contribution in [0.5, 0.6) is 0 Å². The van der Waals surface area contributed by atoms with Gasteiger partial charge in [-0.25, -0.2) is 4.39 Å². The van der Waals surface area contributed by atoms with Crippen LogP contribution in [0.2, 0.25) is 10.0 Å². The maximum absolute atomic E-state index is 13.9. The van der Waals surface area contributed by atoms with Crippen molar-refractivity contribution < 1.29 is 9.18 Å². The van der Waals surface area contributed by atoms with E-state index in [1.807, 2.05) is 6.92 Å². The highest BCUT2D eigenvalue weighted by atomic mass is 35.5. The summed E-state index contributed by atoms with van der Waals surface area (Å²) in [4.78, 5) is 16.6. The lowest BCUT2D eigenvalue weighted by Crippen LogP contribution is -2.48. The lowest BCUT2D eigenvalue weighted by molar-refractivity contribution is 0.0615. The average Bonchev–Trinajstić information content (AvgIpc) is 2.99. The molecule has 0 N–H and O–H groups in total. The van der Waals surface area contributed by atoms with Gasteiger partial charge < -0.3 is 4.90 Å². The molecule has 3 rings (SSSR count). The van der Waals surface area contributed by atoms with E-state index in [-0.39, 0.29) is 11.7 Å². The number of aryl methyl sites for hydroxylation is 1. The molecule has 0 saturated carbocycles. The Bertz CT molecular complexity index is 752. The smallest absolute Gasteiger partial charge is 0.273 e. The summed E-state index contributed by atoms with van der Waals surface area (Å²) in [6, 6.07) is 4.70. The van der Waals surface area contributed by atoms with Crippen molar-refractivity contribution in [1.29, 1.82) is 0 Å². The van der Waals surface area contributed by atoms with Crippen LogP contribution in [-0.2, 0) is 13.1 Å². The highest BCUT2D eigenvalue weighted by Crippen LogP contribution is 2.22. The fraction of sp³-hybridized carbons (Fsp3) is 0.412. The minimum atomic E-state index is -0.301. The summed E-state index contributed by atoms with van der Waals surface area (Å²) < 4.78 is 15.5. The second-order valence-electron chi connectivity index (χ2n) is 5.93. The highest BCUT2D eigenvalue weighted by Gasteiger charge is 2.27. The molecule has 2 heterocycles. The first-order chi connectivity index (χ1) is 12.0. The van der Waals surface area contributed by atoms with Gasteiger partial charge in [-0.15, -0.1) is 0 Å². The van der Waals surface area contributed by atoms with Gasteiger partial charge in [0.05, 0.1) is 11.2 Å². The summed E-state index contributed by atoms with van der Waals surface area (Å²) >= 11 is 12.2. The fourth-order valence-corrected chi connectivity index (χ4v) is 3.43. The van der Waals surface area contributed by atoms with Gasteiger partial charge in [-0.2, -0.15) is 5.10 Å². The first-order valence-electron chi connectivity index (χ1n) is 8.17. The molecule has 134 valence electrons. The SMILES string of the molecule is CCn1ncc(Cl)c1C(=O)N1CCN(Cc2c(F)cccc2Cl)CC1. The van der Waals surface area contributed by atoms with Gasteiger partial charge in [0.1, 0.15) is 11.5 Å². The van der Waals surface area contributed by atoms with Crippen LogP contribution in [0.25, 0.3) is 0 Å². The summed E-state index contributed by atoms with van der Waals surface area (Å²) in [6.45, 7) is 5.33. The van der Waals surface area contributed by atoms with Crippen LogP contribution < -0.4 is 0 Å². The maximum atomic E-state index is 13.9. The minimum absolute atomic E-state index is 0.118. The Morgan fingerprint density at radius 3 is 2.56 bits per heavy atom. The third-order valence-electron chi connectivity index (χ3n) is 4.40. The van der Waals surface area contributed by atoms with E-state index in [0.717, 1.165) is 0 Å².